The second-order valence-electron chi connectivity index (χ2n) is 8.91. The predicted molar refractivity (Wildman–Crippen MR) is 139 cm³/mol. The minimum absolute atomic E-state index is 0.200. The Labute approximate surface area is 202 Å². The van der Waals surface area contributed by atoms with Gasteiger partial charge in [-0.3, -0.25) is 4.79 Å². The van der Waals surface area contributed by atoms with Crippen molar-refractivity contribution in [1.29, 1.82) is 0 Å². The number of benzene rings is 1. The first-order chi connectivity index (χ1) is 16.4. The summed E-state index contributed by atoms with van der Waals surface area (Å²) >= 11 is 1.64. The van der Waals surface area contributed by atoms with Crippen molar-refractivity contribution in [2.45, 2.75) is 6.04 Å². The zero-order valence-corrected chi connectivity index (χ0v) is 20.5. The van der Waals surface area contributed by atoms with E-state index in [1.165, 1.54) is 0 Å². The molecule has 5 rings (SSSR count). The van der Waals surface area contributed by atoms with Gasteiger partial charge in [-0.1, -0.05) is 23.5 Å². The van der Waals surface area contributed by atoms with Crippen LogP contribution in [0.4, 0.5) is 16.8 Å². The van der Waals surface area contributed by atoms with Crippen LogP contribution in [0, 0.1) is 0 Å². The second-order valence-corrected chi connectivity index (χ2v) is 9.92. The van der Waals surface area contributed by atoms with Crippen LogP contribution >= 0.6 is 11.3 Å². The highest BCUT2D eigenvalue weighted by molar-refractivity contribution is 7.18. The number of fused-ring (bicyclic) bond motifs is 1. The molecule has 1 saturated heterocycles. The molecule has 34 heavy (non-hydrogen) atoms. The molecule has 0 radical (unpaired) electrons. The Morgan fingerprint density at radius 3 is 2.56 bits per heavy atom. The van der Waals surface area contributed by atoms with E-state index in [4.69, 9.17) is 0 Å². The highest BCUT2D eigenvalue weighted by Crippen LogP contribution is 2.32. The van der Waals surface area contributed by atoms with Crippen LogP contribution in [0.5, 0.6) is 0 Å². The van der Waals surface area contributed by atoms with Gasteiger partial charge in [-0.25, -0.2) is 15.0 Å². The molecule has 1 fully saturated rings. The number of aromatic nitrogens is 3. The maximum Gasteiger partial charge on any atom is 0.257 e. The summed E-state index contributed by atoms with van der Waals surface area (Å²) in [4.78, 5) is 33.8. The molecule has 8 nitrogen and oxygen atoms in total. The van der Waals surface area contributed by atoms with Crippen LogP contribution in [-0.4, -0.2) is 73.1 Å². The van der Waals surface area contributed by atoms with Crippen LogP contribution in [0.2, 0.25) is 0 Å². The molecule has 0 spiro atoms. The molecule has 0 aliphatic carbocycles. The number of pyridine rings is 2. The van der Waals surface area contributed by atoms with Crippen LogP contribution < -0.4 is 15.1 Å². The van der Waals surface area contributed by atoms with E-state index in [-0.39, 0.29) is 5.91 Å². The van der Waals surface area contributed by atoms with Gasteiger partial charge >= 0.3 is 0 Å². The molecule has 0 atom stereocenters. The lowest BCUT2D eigenvalue weighted by molar-refractivity contribution is 0.102. The van der Waals surface area contributed by atoms with Gasteiger partial charge in [-0.05, 0) is 49.3 Å². The van der Waals surface area contributed by atoms with E-state index in [0.29, 0.717) is 17.4 Å². The van der Waals surface area contributed by atoms with Gasteiger partial charge in [-0.15, -0.1) is 0 Å². The van der Waals surface area contributed by atoms with Gasteiger partial charge < -0.3 is 20.0 Å². The minimum atomic E-state index is -0.200. The molecule has 4 heterocycles. The molecule has 0 bridgehead atoms. The monoisotopic (exact) mass is 473 g/mol. The topological polar surface area (TPSA) is 77.5 Å². The van der Waals surface area contributed by atoms with Crippen LogP contribution in [0.3, 0.4) is 0 Å². The van der Waals surface area contributed by atoms with Crippen molar-refractivity contribution < 1.29 is 4.79 Å². The molecular formula is C25H27N7OS. The summed E-state index contributed by atoms with van der Waals surface area (Å²) in [6, 6.07) is 12.2. The van der Waals surface area contributed by atoms with Crippen molar-refractivity contribution in [1.82, 2.24) is 19.9 Å². The van der Waals surface area contributed by atoms with Gasteiger partial charge in [0.1, 0.15) is 11.6 Å². The van der Waals surface area contributed by atoms with Gasteiger partial charge in [0.05, 0.1) is 4.88 Å². The molecule has 174 valence electrons. The normalized spacial score (nSPS) is 13.9. The first kappa shape index (κ1) is 22.2. The molecular weight excluding hydrogens is 446 g/mol. The first-order valence-corrected chi connectivity index (χ1v) is 11.9. The lowest BCUT2D eigenvalue weighted by Crippen LogP contribution is -2.57. The van der Waals surface area contributed by atoms with E-state index in [0.717, 1.165) is 45.3 Å². The summed E-state index contributed by atoms with van der Waals surface area (Å²) in [5.41, 5.74) is 1.65. The van der Waals surface area contributed by atoms with Gasteiger partial charge in [0.25, 0.3) is 5.91 Å². The third kappa shape index (κ3) is 4.44. The van der Waals surface area contributed by atoms with E-state index in [9.17, 15) is 4.79 Å². The molecule has 1 N–H and O–H groups in total. The molecule has 1 amide bonds. The van der Waals surface area contributed by atoms with E-state index in [2.05, 4.69) is 56.3 Å². The third-order valence-corrected chi connectivity index (χ3v) is 7.26. The van der Waals surface area contributed by atoms with Gasteiger partial charge in [0.2, 0.25) is 0 Å². The quantitative estimate of drug-likeness (QED) is 0.456. The fourth-order valence-electron chi connectivity index (χ4n) is 3.86. The van der Waals surface area contributed by atoms with E-state index < -0.39 is 0 Å². The van der Waals surface area contributed by atoms with Crippen LogP contribution in [0.25, 0.3) is 21.2 Å². The van der Waals surface area contributed by atoms with E-state index in [1.807, 2.05) is 43.4 Å². The summed E-state index contributed by atoms with van der Waals surface area (Å²) in [5.74, 6) is 1.14. The van der Waals surface area contributed by atoms with Gasteiger partial charge in [0, 0.05) is 62.8 Å². The number of hydrogen-bond donors (Lipinski definition) is 1. The Morgan fingerprint density at radius 1 is 1.00 bits per heavy atom. The Bertz CT molecular complexity index is 1340. The maximum absolute atomic E-state index is 12.9. The molecule has 0 saturated carbocycles. The highest BCUT2D eigenvalue weighted by Gasteiger charge is 2.29. The summed E-state index contributed by atoms with van der Waals surface area (Å²) in [7, 11) is 8.13. The van der Waals surface area contributed by atoms with Crippen LogP contribution in [-0.2, 0) is 0 Å². The molecule has 9 heteroatoms. The summed E-state index contributed by atoms with van der Waals surface area (Å²) in [5, 5.41) is 5.92. The third-order valence-electron chi connectivity index (χ3n) is 6.05. The average molecular weight is 474 g/mol. The molecule has 1 aromatic carbocycles. The summed E-state index contributed by atoms with van der Waals surface area (Å²) in [6.45, 7) is 1.82. The smallest absolute Gasteiger partial charge is 0.257 e. The highest BCUT2D eigenvalue weighted by atomic mass is 32.1. The molecule has 4 aromatic rings. The lowest BCUT2D eigenvalue weighted by atomic mass is 10.1. The number of thiazole rings is 1. The largest absolute Gasteiger partial charge is 0.354 e. The molecule has 1 aliphatic heterocycles. The zero-order valence-electron chi connectivity index (χ0n) is 19.7. The number of hydrogen-bond acceptors (Lipinski definition) is 8. The predicted octanol–water partition coefficient (Wildman–Crippen LogP) is 3.82. The first-order valence-electron chi connectivity index (χ1n) is 11.1. The number of likely N-dealkylation sites (N-methyl/N-ethyl adjacent to an activating group) is 1. The van der Waals surface area contributed by atoms with Crippen LogP contribution in [0.15, 0.2) is 55.0 Å². The molecule has 3 aromatic heterocycles. The van der Waals surface area contributed by atoms with E-state index >= 15 is 0 Å². The van der Waals surface area contributed by atoms with E-state index in [1.54, 1.807) is 29.8 Å². The van der Waals surface area contributed by atoms with Crippen LogP contribution in [0.1, 0.15) is 10.4 Å². The standard InChI is InChI=1S/C25H27N7OS/c1-30(2)20-14-32(15-20)23-11-17(7-8-26-23)24(33)29-22-10-19-9-16(5-6-18(19)12-27-22)21-13-28-25(34-21)31(3)4/h5-13,20H,14-15H2,1-4H3,(H,27,29,33). The van der Waals surface area contributed by atoms with Crippen molar-refractivity contribution >= 4 is 44.8 Å². The van der Waals surface area contributed by atoms with Crippen molar-refractivity contribution in [2.24, 2.45) is 0 Å². The summed E-state index contributed by atoms with van der Waals surface area (Å²) < 4.78 is 0. The SMILES string of the molecule is CN(C)c1ncc(-c2ccc3cnc(NC(=O)c4ccnc(N5CC(N(C)C)C5)c4)cc3c2)s1. The second kappa shape index (κ2) is 9.00. The number of nitrogens with one attached hydrogen (secondary N) is 1. The van der Waals surface area contributed by atoms with Crippen molar-refractivity contribution in [3.05, 3.63) is 60.6 Å². The van der Waals surface area contributed by atoms with Crippen molar-refractivity contribution in [3.8, 4) is 10.4 Å². The fraction of sp³-hybridized carbons (Fsp3) is 0.280. The number of amides is 1. The Hall–Kier alpha value is -3.56. The Morgan fingerprint density at radius 2 is 1.82 bits per heavy atom. The van der Waals surface area contributed by atoms with Crippen molar-refractivity contribution in [3.63, 3.8) is 0 Å². The van der Waals surface area contributed by atoms with Crippen molar-refractivity contribution in [2.75, 3.05) is 56.4 Å². The number of anilines is 3. The number of carbonyl (C=O) groups is 1. The number of carbonyl (C=O) groups excluding carboxylic acids is 1. The Balaban J connectivity index is 1.33. The number of rotatable bonds is 6. The average Bonchev–Trinajstić information content (AvgIpc) is 3.28. The lowest BCUT2D eigenvalue weighted by Gasteiger charge is -2.43. The Kier molecular flexibility index (Phi) is 5.89. The number of nitrogens with zero attached hydrogens (tertiary/aromatic N) is 6. The summed E-state index contributed by atoms with van der Waals surface area (Å²) in [6.07, 6.45) is 5.36. The van der Waals surface area contributed by atoms with Gasteiger partial charge in [0.15, 0.2) is 5.13 Å². The maximum atomic E-state index is 12.9. The zero-order chi connectivity index (χ0) is 23.8. The molecule has 1 aliphatic rings. The minimum Gasteiger partial charge on any atom is -0.354 e. The fourth-order valence-corrected chi connectivity index (χ4v) is 4.69. The van der Waals surface area contributed by atoms with Gasteiger partial charge in [-0.2, -0.15) is 0 Å². The molecule has 0 unspecified atom stereocenters.